The summed E-state index contributed by atoms with van der Waals surface area (Å²) in [6.45, 7) is 1.91. The van der Waals surface area contributed by atoms with Crippen LogP contribution in [0.2, 0.25) is 0 Å². The van der Waals surface area contributed by atoms with E-state index in [1.54, 1.807) is 6.20 Å². The topological polar surface area (TPSA) is 54.0 Å². The van der Waals surface area contributed by atoms with Gasteiger partial charge >= 0.3 is 0 Å². The number of nitrogens with zero attached hydrogens (tertiary/aromatic N) is 1. The van der Waals surface area contributed by atoms with E-state index in [-0.39, 0.29) is 5.91 Å². The number of nitrogens with one attached hydrogen (secondary N) is 2. The molecule has 1 atom stereocenters. The van der Waals surface area contributed by atoms with Crippen LogP contribution in [0.15, 0.2) is 24.5 Å². The van der Waals surface area contributed by atoms with Crippen LogP contribution in [-0.2, 0) is 11.2 Å². The van der Waals surface area contributed by atoms with Gasteiger partial charge in [-0.25, -0.2) is 0 Å². The Kier molecular flexibility index (Phi) is 3.88. The number of amides is 1. The van der Waals surface area contributed by atoms with Crippen LogP contribution >= 0.6 is 0 Å². The fourth-order valence-corrected chi connectivity index (χ4v) is 1.88. The monoisotopic (exact) mass is 219 g/mol. The van der Waals surface area contributed by atoms with E-state index in [1.807, 2.05) is 18.3 Å². The van der Waals surface area contributed by atoms with E-state index in [9.17, 15) is 4.79 Å². The van der Waals surface area contributed by atoms with Gasteiger partial charge in [0, 0.05) is 31.4 Å². The van der Waals surface area contributed by atoms with Crippen LogP contribution in [-0.4, -0.2) is 30.0 Å². The normalized spacial score (nSPS) is 19.6. The largest absolute Gasteiger partial charge is 0.352 e. The summed E-state index contributed by atoms with van der Waals surface area (Å²) in [5, 5.41) is 6.25. The molecule has 2 rings (SSSR count). The number of pyridine rings is 1. The fraction of sp³-hybridized carbons (Fsp3) is 0.500. The summed E-state index contributed by atoms with van der Waals surface area (Å²) in [7, 11) is 0. The molecule has 0 aliphatic carbocycles. The fourth-order valence-electron chi connectivity index (χ4n) is 1.88. The maximum Gasteiger partial charge on any atom is 0.220 e. The Labute approximate surface area is 95.5 Å². The summed E-state index contributed by atoms with van der Waals surface area (Å²) >= 11 is 0. The Morgan fingerprint density at radius 3 is 3.25 bits per heavy atom. The Bertz CT molecular complexity index is 333. The minimum atomic E-state index is 0.137. The molecular weight excluding hydrogens is 202 g/mol. The van der Waals surface area contributed by atoms with Crippen molar-refractivity contribution in [2.24, 2.45) is 0 Å². The second-order valence-corrected chi connectivity index (χ2v) is 4.12. The van der Waals surface area contributed by atoms with Crippen molar-refractivity contribution in [3.05, 3.63) is 30.1 Å². The van der Waals surface area contributed by atoms with E-state index in [2.05, 4.69) is 15.6 Å². The molecule has 1 aromatic heterocycles. The lowest BCUT2D eigenvalue weighted by Gasteiger charge is -2.10. The quantitative estimate of drug-likeness (QED) is 0.775. The summed E-state index contributed by atoms with van der Waals surface area (Å²) in [5.41, 5.74) is 1.11. The molecule has 0 spiro atoms. The highest BCUT2D eigenvalue weighted by atomic mass is 16.1. The Morgan fingerprint density at radius 2 is 2.56 bits per heavy atom. The van der Waals surface area contributed by atoms with E-state index in [1.165, 1.54) is 0 Å². The first-order chi connectivity index (χ1) is 7.84. The lowest BCUT2D eigenvalue weighted by atomic mass is 10.1. The number of carbonyl (C=O) groups excluding carboxylic acids is 1. The van der Waals surface area contributed by atoms with Crippen molar-refractivity contribution in [2.75, 3.05) is 13.1 Å². The third-order valence-electron chi connectivity index (χ3n) is 2.79. The van der Waals surface area contributed by atoms with Crippen LogP contribution in [0.1, 0.15) is 18.4 Å². The highest BCUT2D eigenvalue weighted by Gasteiger charge is 2.16. The molecule has 0 aromatic carbocycles. The lowest BCUT2D eigenvalue weighted by Crippen LogP contribution is -2.36. The number of rotatable bonds is 4. The maximum absolute atomic E-state index is 11.6. The molecular formula is C12H17N3O. The van der Waals surface area contributed by atoms with E-state index in [0.29, 0.717) is 12.5 Å². The van der Waals surface area contributed by atoms with Crippen LogP contribution in [0, 0.1) is 0 Å². The van der Waals surface area contributed by atoms with Crippen LogP contribution < -0.4 is 10.6 Å². The Balaban J connectivity index is 1.71. The second-order valence-electron chi connectivity index (χ2n) is 4.12. The summed E-state index contributed by atoms with van der Waals surface area (Å²) in [6, 6.07) is 4.22. The van der Waals surface area contributed by atoms with Gasteiger partial charge in [-0.05, 0) is 31.0 Å². The van der Waals surface area contributed by atoms with Crippen molar-refractivity contribution in [3.8, 4) is 0 Å². The van der Waals surface area contributed by atoms with Gasteiger partial charge in [-0.3, -0.25) is 9.78 Å². The van der Waals surface area contributed by atoms with Gasteiger partial charge in [0.2, 0.25) is 5.91 Å². The number of aryl methyl sites for hydroxylation is 1. The zero-order valence-corrected chi connectivity index (χ0v) is 9.28. The molecule has 0 saturated carbocycles. The zero-order chi connectivity index (χ0) is 11.2. The zero-order valence-electron chi connectivity index (χ0n) is 9.28. The standard InChI is InChI=1S/C12H17N3O/c16-12(15-11-5-7-14-9-11)4-3-10-2-1-6-13-8-10/h1-2,6,8,11,14H,3-5,7,9H2,(H,15,16). The molecule has 4 heteroatoms. The van der Waals surface area contributed by atoms with Gasteiger partial charge in [-0.15, -0.1) is 0 Å². The van der Waals surface area contributed by atoms with Crippen molar-refractivity contribution in [1.82, 2.24) is 15.6 Å². The highest BCUT2D eigenvalue weighted by molar-refractivity contribution is 5.76. The molecule has 0 radical (unpaired) electrons. The minimum absolute atomic E-state index is 0.137. The van der Waals surface area contributed by atoms with Crippen molar-refractivity contribution < 1.29 is 4.79 Å². The van der Waals surface area contributed by atoms with Crippen LogP contribution in [0.4, 0.5) is 0 Å². The minimum Gasteiger partial charge on any atom is -0.352 e. The third kappa shape index (κ3) is 3.31. The summed E-state index contributed by atoms with van der Waals surface area (Å²) < 4.78 is 0. The van der Waals surface area contributed by atoms with E-state index >= 15 is 0 Å². The van der Waals surface area contributed by atoms with Crippen LogP contribution in [0.5, 0.6) is 0 Å². The highest BCUT2D eigenvalue weighted by Crippen LogP contribution is 2.02. The first-order valence-corrected chi connectivity index (χ1v) is 5.73. The predicted octanol–water partition coefficient (Wildman–Crippen LogP) is 0.492. The van der Waals surface area contributed by atoms with E-state index < -0.39 is 0 Å². The number of hydrogen-bond donors (Lipinski definition) is 2. The van der Waals surface area contributed by atoms with E-state index in [0.717, 1.165) is 31.5 Å². The van der Waals surface area contributed by atoms with Gasteiger partial charge in [0.15, 0.2) is 0 Å². The SMILES string of the molecule is O=C(CCc1cccnc1)NC1CCNC1. The summed E-state index contributed by atoms with van der Waals surface area (Å²) in [4.78, 5) is 15.6. The molecule has 1 saturated heterocycles. The molecule has 4 nitrogen and oxygen atoms in total. The molecule has 1 aliphatic rings. The first kappa shape index (κ1) is 11.1. The van der Waals surface area contributed by atoms with Crippen molar-refractivity contribution in [3.63, 3.8) is 0 Å². The van der Waals surface area contributed by atoms with Gasteiger partial charge in [0.1, 0.15) is 0 Å². The summed E-state index contributed by atoms with van der Waals surface area (Å²) in [6.07, 6.45) is 5.90. The molecule has 1 fully saturated rings. The average Bonchev–Trinajstić information content (AvgIpc) is 2.81. The van der Waals surface area contributed by atoms with Crippen molar-refractivity contribution in [1.29, 1.82) is 0 Å². The van der Waals surface area contributed by atoms with Gasteiger partial charge in [0.25, 0.3) is 0 Å². The molecule has 2 N–H and O–H groups in total. The number of carbonyl (C=O) groups is 1. The van der Waals surface area contributed by atoms with Crippen LogP contribution in [0.25, 0.3) is 0 Å². The lowest BCUT2D eigenvalue weighted by molar-refractivity contribution is -0.121. The molecule has 2 heterocycles. The molecule has 1 amide bonds. The Morgan fingerprint density at radius 1 is 1.62 bits per heavy atom. The smallest absolute Gasteiger partial charge is 0.220 e. The second kappa shape index (κ2) is 5.61. The van der Waals surface area contributed by atoms with E-state index in [4.69, 9.17) is 0 Å². The first-order valence-electron chi connectivity index (χ1n) is 5.73. The van der Waals surface area contributed by atoms with Gasteiger partial charge in [-0.2, -0.15) is 0 Å². The van der Waals surface area contributed by atoms with Crippen molar-refractivity contribution >= 4 is 5.91 Å². The van der Waals surface area contributed by atoms with Crippen molar-refractivity contribution in [2.45, 2.75) is 25.3 Å². The number of aromatic nitrogens is 1. The molecule has 86 valence electrons. The third-order valence-corrected chi connectivity index (χ3v) is 2.79. The molecule has 1 unspecified atom stereocenters. The molecule has 1 aliphatic heterocycles. The molecule has 1 aromatic rings. The molecule has 16 heavy (non-hydrogen) atoms. The Hall–Kier alpha value is -1.42. The van der Waals surface area contributed by atoms with Gasteiger partial charge in [-0.1, -0.05) is 6.07 Å². The maximum atomic E-state index is 11.6. The van der Waals surface area contributed by atoms with Crippen LogP contribution in [0.3, 0.4) is 0 Å². The predicted molar refractivity (Wildman–Crippen MR) is 62.0 cm³/mol. The number of hydrogen-bond acceptors (Lipinski definition) is 3. The summed E-state index contributed by atoms with van der Waals surface area (Å²) in [5.74, 6) is 0.137. The average molecular weight is 219 g/mol. The molecule has 0 bridgehead atoms. The van der Waals surface area contributed by atoms with Gasteiger partial charge < -0.3 is 10.6 Å². The van der Waals surface area contributed by atoms with Gasteiger partial charge in [0.05, 0.1) is 0 Å².